The Morgan fingerprint density at radius 2 is 2.20 bits per heavy atom. The summed E-state index contributed by atoms with van der Waals surface area (Å²) in [6, 6.07) is 3.29. The van der Waals surface area contributed by atoms with E-state index in [0.717, 1.165) is 11.8 Å². The number of nitrogens with one attached hydrogen (secondary N) is 1. The summed E-state index contributed by atoms with van der Waals surface area (Å²) in [5.74, 6) is 0.465. The molecule has 0 amide bonds. The zero-order valence-electron chi connectivity index (χ0n) is 14.0. The van der Waals surface area contributed by atoms with Gasteiger partial charge < -0.3 is 14.6 Å². The third kappa shape index (κ3) is 4.90. The number of ether oxygens (including phenoxy) is 2. The second-order valence-electron chi connectivity index (χ2n) is 4.80. The maximum atomic E-state index is 11.6. The van der Waals surface area contributed by atoms with E-state index in [-0.39, 0.29) is 4.91 Å². The number of hydrogen-bond acceptors (Lipinski definition) is 6. The number of benzene rings is 1. The van der Waals surface area contributed by atoms with Crippen molar-refractivity contribution in [1.82, 2.24) is 15.2 Å². The number of aliphatic carboxylic acids is 1. The highest BCUT2D eigenvalue weighted by Gasteiger charge is 2.16. The average Bonchev–Trinajstić information content (AvgIpc) is 3.02. The van der Waals surface area contributed by atoms with Crippen molar-refractivity contribution in [2.24, 2.45) is 0 Å². The minimum absolute atomic E-state index is 0.0605. The number of thioether (sulfide) groups is 1. The van der Waals surface area contributed by atoms with E-state index in [1.54, 1.807) is 12.1 Å². The fourth-order valence-corrected chi connectivity index (χ4v) is 3.02. The standard InChI is InChI=1S/C16H18ClN3O4S/c1-4-13-18-16(20-19-13)25-12(15(21)22)8-9-6-10(17)14(23-3)11(7-9)24-5-2/h6-8H,4-5H2,1-3H3,(H,21,22)(H,18,19,20)/b12-8-. The molecule has 2 aromatic rings. The van der Waals surface area contributed by atoms with E-state index in [9.17, 15) is 9.90 Å². The van der Waals surface area contributed by atoms with Crippen molar-refractivity contribution in [3.8, 4) is 11.5 Å². The predicted octanol–water partition coefficient (Wildman–Crippen LogP) is 3.65. The van der Waals surface area contributed by atoms with Gasteiger partial charge in [-0.25, -0.2) is 9.78 Å². The molecule has 0 atom stereocenters. The van der Waals surface area contributed by atoms with E-state index >= 15 is 0 Å². The van der Waals surface area contributed by atoms with Gasteiger partial charge in [-0.1, -0.05) is 18.5 Å². The van der Waals surface area contributed by atoms with Crippen molar-refractivity contribution in [3.63, 3.8) is 0 Å². The Morgan fingerprint density at radius 1 is 1.44 bits per heavy atom. The number of aryl methyl sites for hydroxylation is 1. The predicted molar refractivity (Wildman–Crippen MR) is 96.4 cm³/mol. The number of H-pyrrole nitrogens is 1. The molecule has 0 saturated heterocycles. The van der Waals surface area contributed by atoms with Gasteiger partial charge in [0.2, 0.25) is 5.16 Å². The minimum Gasteiger partial charge on any atom is -0.491 e. The van der Waals surface area contributed by atoms with E-state index in [1.807, 2.05) is 13.8 Å². The number of carboxylic acids is 1. The van der Waals surface area contributed by atoms with Gasteiger partial charge >= 0.3 is 5.97 Å². The summed E-state index contributed by atoms with van der Waals surface area (Å²) in [6.07, 6.45) is 2.17. The van der Waals surface area contributed by atoms with Crippen LogP contribution in [0.1, 0.15) is 25.2 Å². The Labute approximate surface area is 154 Å². The number of carboxylic acid groups (broad SMARTS) is 1. The molecule has 0 bridgehead atoms. The summed E-state index contributed by atoms with van der Waals surface area (Å²) in [6.45, 7) is 4.19. The Morgan fingerprint density at radius 3 is 2.76 bits per heavy atom. The summed E-state index contributed by atoms with van der Waals surface area (Å²) < 4.78 is 10.7. The van der Waals surface area contributed by atoms with Crippen LogP contribution in [0.15, 0.2) is 22.2 Å². The molecule has 1 aromatic carbocycles. The molecule has 2 N–H and O–H groups in total. The van der Waals surface area contributed by atoms with E-state index in [2.05, 4.69) is 15.2 Å². The summed E-state index contributed by atoms with van der Waals surface area (Å²) in [7, 11) is 1.49. The SMILES string of the molecule is CCOc1cc(/C=C(\Sc2n[nH]c(CC)n2)C(=O)O)cc(Cl)c1OC. The molecule has 0 aliphatic carbocycles. The first-order valence-corrected chi connectivity index (χ1v) is 8.72. The van der Waals surface area contributed by atoms with Gasteiger partial charge in [0.15, 0.2) is 11.5 Å². The van der Waals surface area contributed by atoms with Gasteiger partial charge in [-0.15, -0.1) is 5.10 Å². The molecule has 1 aromatic heterocycles. The van der Waals surface area contributed by atoms with Crippen LogP contribution < -0.4 is 9.47 Å². The van der Waals surface area contributed by atoms with Crippen LogP contribution in [0.5, 0.6) is 11.5 Å². The number of methoxy groups -OCH3 is 1. The lowest BCUT2D eigenvalue weighted by molar-refractivity contribution is -0.131. The fourth-order valence-electron chi connectivity index (χ4n) is 2.00. The number of rotatable bonds is 8. The number of aromatic amines is 1. The third-order valence-electron chi connectivity index (χ3n) is 3.09. The van der Waals surface area contributed by atoms with E-state index in [0.29, 0.717) is 46.1 Å². The third-order valence-corrected chi connectivity index (χ3v) is 4.25. The molecule has 0 saturated carbocycles. The zero-order valence-corrected chi connectivity index (χ0v) is 15.6. The topological polar surface area (TPSA) is 97.3 Å². The number of aromatic nitrogens is 3. The number of nitrogens with zero attached hydrogens (tertiary/aromatic N) is 2. The first-order chi connectivity index (χ1) is 12.0. The lowest BCUT2D eigenvalue weighted by Crippen LogP contribution is -1.99. The first-order valence-electron chi connectivity index (χ1n) is 7.52. The van der Waals surface area contributed by atoms with Gasteiger partial charge in [0.05, 0.1) is 18.7 Å². The quantitative estimate of drug-likeness (QED) is 0.530. The molecule has 25 heavy (non-hydrogen) atoms. The van der Waals surface area contributed by atoms with Crippen molar-refractivity contribution in [3.05, 3.63) is 33.4 Å². The Balaban J connectivity index is 2.37. The molecule has 0 spiro atoms. The molecule has 1 heterocycles. The van der Waals surface area contributed by atoms with Crippen LogP contribution in [0.3, 0.4) is 0 Å². The second-order valence-corrected chi connectivity index (χ2v) is 6.22. The van der Waals surface area contributed by atoms with Crippen LogP contribution in [0.4, 0.5) is 0 Å². The van der Waals surface area contributed by atoms with Crippen molar-refractivity contribution in [2.45, 2.75) is 25.4 Å². The number of hydrogen-bond donors (Lipinski definition) is 2. The summed E-state index contributed by atoms with van der Waals surface area (Å²) in [4.78, 5) is 15.8. The van der Waals surface area contributed by atoms with Crippen LogP contribution in [0.2, 0.25) is 5.02 Å². The normalized spacial score (nSPS) is 11.4. The lowest BCUT2D eigenvalue weighted by atomic mass is 10.2. The number of halogens is 1. The van der Waals surface area contributed by atoms with Crippen molar-refractivity contribution in [2.75, 3.05) is 13.7 Å². The second kappa shape index (κ2) is 8.77. The van der Waals surface area contributed by atoms with Gasteiger partial charge in [0, 0.05) is 6.42 Å². The van der Waals surface area contributed by atoms with Crippen molar-refractivity contribution >= 4 is 35.4 Å². The van der Waals surface area contributed by atoms with Gasteiger partial charge in [-0.3, -0.25) is 5.10 Å². The zero-order chi connectivity index (χ0) is 18.4. The smallest absolute Gasteiger partial charge is 0.342 e. The highest BCUT2D eigenvalue weighted by molar-refractivity contribution is 8.04. The van der Waals surface area contributed by atoms with Gasteiger partial charge in [-0.2, -0.15) is 0 Å². The number of carbonyl (C=O) groups is 1. The van der Waals surface area contributed by atoms with E-state index in [4.69, 9.17) is 21.1 Å². The van der Waals surface area contributed by atoms with E-state index < -0.39 is 5.97 Å². The minimum atomic E-state index is -1.09. The van der Waals surface area contributed by atoms with Crippen LogP contribution in [-0.2, 0) is 11.2 Å². The highest BCUT2D eigenvalue weighted by Crippen LogP contribution is 2.37. The Bertz CT molecular complexity index is 792. The Kier molecular flexibility index (Phi) is 6.72. The average molecular weight is 384 g/mol. The molecule has 0 unspecified atom stereocenters. The van der Waals surface area contributed by atoms with Crippen molar-refractivity contribution in [1.29, 1.82) is 0 Å². The molecule has 9 heteroatoms. The van der Waals surface area contributed by atoms with Crippen LogP contribution in [0.25, 0.3) is 6.08 Å². The van der Waals surface area contributed by atoms with Gasteiger partial charge in [0.25, 0.3) is 0 Å². The molecular weight excluding hydrogens is 366 g/mol. The monoisotopic (exact) mass is 383 g/mol. The van der Waals surface area contributed by atoms with Gasteiger partial charge in [0.1, 0.15) is 10.7 Å². The molecular formula is C16H18ClN3O4S. The lowest BCUT2D eigenvalue weighted by Gasteiger charge is -2.12. The highest BCUT2D eigenvalue weighted by atomic mass is 35.5. The molecule has 134 valence electrons. The van der Waals surface area contributed by atoms with Crippen LogP contribution in [0, 0.1) is 0 Å². The largest absolute Gasteiger partial charge is 0.491 e. The van der Waals surface area contributed by atoms with Crippen LogP contribution in [-0.4, -0.2) is 40.0 Å². The molecule has 2 rings (SSSR count). The molecule has 0 radical (unpaired) electrons. The first kappa shape index (κ1) is 19.1. The van der Waals surface area contributed by atoms with Gasteiger partial charge in [-0.05, 0) is 42.5 Å². The molecule has 7 nitrogen and oxygen atoms in total. The maximum absolute atomic E-state index is 11.6. The summed E-state index contributed by atoms with van der Waals surface area (Å²) >= 11 is 7.15. The summed E-state index contributed by atoms with van der Waals surface area (Å²) in [5, 5.41) is 16.9. The Hall–Kier alpha value is -2.19. The molecule has 0 aliphatic rings. The van der Waals surface area contributed by atoms with Crippen molar-refractivity contribution < 1.29 is 19.4 Å². The summed E-state index contributed by atoms with van der Waals surface area (Å²) in [5.41, 5.74) is 0.574. The molecule has 0 aliphatic heterocycles. The van der Waals surface area contributed by atoms with E-state index in [1.165, 1.54) is 13.2 Å². The van der Waals surface area contributed by atoms with Crippen LogP contribution >= 0.6 is 23.4 Å². The molecule has 0 fully saturated rings. The maximum Gasteiger partial charge on any atom is 0.342 e. The fraction of sp³-hybridized carbons (Fsp3) is 0.312.